The van der Waals surface area contributed by atoms with E-state index in [9.17, 15) is 5.11 Å². The van der Waals surface area contributed by atoms with Crippen LogP contribution in [-0.2, 0) is 6.42 Å². The summed E-state index contributed by atoms with van der Waals surface area (Å²) in [6, 6.07) is 14.1. The van der Waals surface area contributed by atoms with Crippen LogP contribution in [0, 0.1) is 23.7 Å². The molecule has 0 saturated carbocycles. The molecule has 0 spiro atoms. The number of nitrogens with zero attached hydrogens (tertiary/aromatic N) is 3. The minimum absolute atomic E-state index is 0.158. The molecule has 1 fully saturated rings. The van der Waals surface area contributed by atoms with E-state index in [4.69, 9.17) is 5.26 Å². The molecule has 2 heterocycles. The lowest BCUT2D eigenvalue weighted by Gasteiger charge is -2.42. The zero-order chi connectivity index (χ0) is 17.0. The lowest BCUT2D eigenvalue weighted by molar-refractivity contribution is 0.105. The van der Waals surface area contributed by atoms with E-state index in [-0.39, 0.29) is 12.0 Å². The number of hydrogen-bond acceptors (Lipinski definition) is 4. The molecule has 4 heteroatoms. The summed E-state index contributed by atoms with van der Waals surface area (Å²) in [6.45, 7) is 3.96. The number of aliphatic hydroxyl groups is 1. The number of anilines is 1. The smallest absolute Gasteiger partial charge is 0.129 e. The molecule has 1 atom stereocenters. The first-order valence-electron chi connectivity index (χ1n) is 8.42. The van der Waals surface area contributed by atoms with Gasteiger partial charge in [-0.25, -0.2) is 4.98 Å². The van der Waals surface area contributed by atoms with Gasteiger partial charge in [-0.1, -0.05) is 24.3 Å². The van der Waals surface area contributed by atoms with Crippen molar-refractivity contribution in [1.82, 2.24) is 4.98 Å². The number of rotatable bonds is 4. The Hall–Kier alpha value is -2.38. The first-order valence-corrected chi connectivity index (χ1v) is 8.42. The summed E-state index contributed by atoms with van der Waals surface area (Å²) < 4.78 is 0. The van der Waals surface area contributed by atoms with Gasteiger partial charge in [-0.3, -0.25) is 0 Å². The van der Waals surface area contributed by atoms with Gasteiger partial charge in [0, 0.05) is 24.7 Å². The lowest BCUT2D eigenvalue weighted by Crippen LogP contribution is -2.47. The molecule has 1 aliphatic heterocycles. The molecular weight excluding hydrogens is 298 g/mol. The highest BCUT2D eigenvalue weighted by molar-refractivity contribution is 5.45. The second kappa shape index (κ2) is 7.02. The second-order valence-electron chi connectivity index (χ2n) is 6.80. The SMILES string of the molecule is Cc1ccccc1C[C@@]1(CO)CCCN(c2cc(C#N)ccn2)C1. The van der Waals surface area contributed by atoms with Crippen LogP contribution < -0.4 is 4.90 Å². The van der Waals surface area contributed by atoms with E-state index < -0.39 is 0 Å². The molecule has 1 saturated heterocycles. The van der Waals surface area contributed by atoms with E-state index >= 15 is 0 Å². The van der Waals surface area contributed by atoms with Gasteiger partial charge in [0.25, 0.3) is 0 Å². The third-order valence-electron chi connectivity index (χ3n) is 5.02. The van der Waals surface area contributed by atoms with Crippen LogP contribution in [0.15, 0.2) is 42.6 Å². The van der Waals surface area contributed by atoms with Crippen LogP contribution in [0.4, 0.5) is 5.82 Å². The van der Waals surface area contributed by atoms with Crippen LogP contribution in [-0.4, -0.2) is 29.8 Å². The van der Waals surface area contributed by atoms with Crippen LogP contribution in [0.3, 0.4) is 0 Å². The van der Waals surface area contributed by atoms with Gasteiger partial charge in [0.1, 0.15) is 5.82 Å². The van der Waals surface area contributed by atoms with Gasteiger partial charge in [0.2, 0.25) is 0 Å². The fraction of sp³-hybridized carbons (Fsp3) is 0.400. The predicted molar refractivity (Wildman–Crippen MR) is 94.8 cm³/mol. The number of aromatic nitrogens is 1. The molecule has 1 aromatic carbocycles. The summed E-state index contributed by atoms with van der Waals surface area (Å²) in [7, 11) is 0. The number of benzene rings is 1. The number of aryl methyl sites for hydroxylation is 1. The Bertz CT molecular complexity index is 753. The average molecular weight is 321 g/mol. The van der Waals surface area contributed by atoms with Gasteiger partial charge in [0.15, 0.2) is 0 Å². The first kappa shape index (κ1) is 16.5. The van der Waals surface area contributed by atoms with Crippen LogP contribution in [0.25, 0.3) is 0 Å². The minimum atomic E-state index is -0.158. The molecule has 1 N–H and O–H groups in total. The highest BCUT2D eigenvalue weighted by atomic mass is 16.3. The topological polar surface area (TPSA) is 60.1 Å². The van der Waals surface area contributed by atoms with Gasteiger partial charge < -0.3 is 10.0 Å². The average Bonchev–Trinajstić information content (AvgIpc) is 2.64. The van der Waals surface area contributed by atoms with Crippen molar-refractivity contribution in [3.8, 4) is 6.07 Å². The zero-order valence-corrected chi connectivity index (χ0v) is 14.1. The monoisotopic (exact) mass is 321 g/mol. The Kier molecular flexibility index (Phi) is 4.82. The van der Waals surface area contributed by atoms with Crippen molar-refractivity contribution in [2.75, 3.05) is 24.6 Å². The molecule has 124 valence electrons. The van der Waals surface area contributed by atoms with Gasteiger partial charge in [-0.2, -0.15) is 5.26 Å². The summed E-state index contributed by atoms with van der Waals surface area (Å²) in [5.41, 5.74) is 3.03. The number of pyridine rings is 1. The third-order valence-corrected chi connectivity index (χ3v) is 5.02. The minimum Gasteiger partial charge on any atom is -0.396 e. The fourth-order valence-corrected chi connectivity index (χ4v) is 3.61. The maximum absolute atomic E-state index is 10.2. The zero-order valence-electron chi connectivity index (χ0n) is 14.1. The summed E-state index contributed by atoms with van der Waals surface area (Å²) in [5.74, 6) is 0.830. The lowest BCUT2D eigenvalue weighted by atomic mass is 9.75. The van der Waals surface area contributed by atoms with Crippen molar-refractivity contribution in [2.24, 2.45) is 5.41 Å². The Morgan fingerprint density at radius 2 is 2.17 bits per heavy atom. The van der Waals surface area contributed by atoms with E-state index in [1.807, 2.05) is 6.07 Å². The fourth-order valence-electron chi connectivity index (χ4n) is 3.61. The highest BCUT2D eigenvalue weighted by Gasteiger charge is 2.36. The van der Waals surface area contributed by atoms with Crippen LogP contribution in [0.5, 0.6) is 0 Å². The summed E-state index contributed by atoms with van der Waals surface area (Å²) in [4.78, 5) is 6.64. The Morgan fingerprint density at radius 3 is 2.92 bits per heavy atom. The van der Waals surface area contributed by atoms with Crippen molar-refractivity contribution >= 4 is 5.82 Å². The van der Waals surface area contributed by atoms with E-state index in [2.05, 4.69) is 47.1 Å². The Labute approximate surface area is 143 Å². The standard InChI is InChI=1S/C20H23N3O/c1-16-5-2-3-6-18(16)12-20(15-24)8-4-10-23(14-20)19-11-17(13-21)7-9-22-19/h2-3,5-7,9,11,24H,4,8,10,12,14-15H2,1H3/t20-/m0/s1. The van der Waals surface area contributed by atoms with E-state index in [0.717, 1.165) is 38.2 Å². The maximum atomic E-state index is 10.2. The predicted octanol–water partition coefficient (Wildman–Crippen LogP) is 3.08. The van der Waals surface area contributed by atoms with Crippen LogP contribution >= 0.6 is 0 Å². The summed E-state index contributed by atoms with van der Waals surface area (Å²) in [5, 5.41) is 19.3. The molecule has 2 aromatic rings. The number of hydrogen-bond donors (Lipinski definition) is 1. The first-order chi connectivity index (χ1) is 11.7. The molecular formula is C20H23N3O. The molecule has 24 heavy (non-hydrogen) atoms. The van der Waals surface area contributed by atoms with Crippen LogP contribution in [0.1, 0.15) is 29.5 Å². The molecule has 1 aliphatic rings. The van der Waals surface area contributed by atoms with Gasteiger partial charge >= 0.3 is 0 Å². The molecule has 0 bridgehead atoms. The van der Waals surface area contributed by atoms with Gasteiger partial charge in [0.05, 0.1) is 18.2 Å². The van der Waals surface area contributed by atoms with Crippen molar-refractivity contribution in [1.29, 1.82) is 5.26 Å². The number of nitriles is 1. The largest absolute Gasteiger partial charge is 0.396 e. The molecule has 0 unspecified atom stereocenters. The molecule has 4 nitrogen and oxygen atoms in total. The van der Waals surface area contributed by atoms with E-state index in [1.165, 1.54) is 11.1 Å². The quantitative estimate of drug-likeness (QED) is 0.940. The molecule has 1 aromatic heterocycles. The van der Waals surface area contributed by atoms with Crippen molar-refractivity contribution < 1.29 is 5.11 Å². The summed E-state index contributed by atoms with van der Waals surface area (Å²) in [6.07, 6.45) is 4.58. The van der Waals surface area contributed by atoms with Crippen molar-refractivity contribution in [2.45, 2.75) is 26.2 Å². The summed E-state index contributed by atoms with van der Waals surface area (Å²) >= 11 is 0. The maximum Gasteiger partial charge on any atom is 0.129 e. The highest BCUT2D eigenvalue weighted by Crippen LogP contribution is 2.35. The third kappa shape index (κ3) is 3.42. The molecule has 3 rings (SSSR count). The normalized spacial score (nSPS) is 20.6. The van der Waals surface area contributed by atoms with Gasteiger partial charge in [-0.05, 0) is 49.4 Å². The Morgan fingerprint density at radius 1 is 1.33 bits per heavy atom. The number of aliphatic hydroxyl groups excluding tert-OH is 1. The second-order valence-corrected chi connectivity index (χ2v) is 6.80. The van der Waals surface area contributed by atoms with Gasteiger partial charge in [-0.15, -0.1) is 0 Å². The van der Waals surface area contributed by atoms with E-state index in [0.29, 0.717) is 5.56 Å². The number of piperidine rings is 1. The van der Waals surface area contributed by atoms with E-state index in [1.54, 1.807) is 12.3 Å². The molecule has 0 amide bonds. The molecule has 0 radical (unpaired) electrons. The Balaban J connectivity index is 1.84. The van der Waals surface area contributed by atoms with Crippen molar-refractivity contribution in [3.05, 3.63) is 59.3 Å². The molecule has 0 aliphatic carbocycles. The van der Waals surface area contributed by atoms with Crippen LogP contribution in [0.2, 0.25) is 0 Å². The van der Waals surface area contributed by atoms with Crippen molar-refractivity contribution in [3.63, 3.8) is 0 Å².